The number of nitrogens with zero attached hydrogens (tertiary/aromatic N) is 4. The van der Waals surface area contributed by atoms with Gasteiger partial charge in [-0.05, 0) is 12.8 Å². The van der Waals surface area contributed by atoms with Crippen LogP contribution in [0.25, 0.3) is 0 Å². The van der Waals surface area contributed by atoms with Gasteiger partial charge in [0, 0.05) is 7.05 Å². The lowest BCUT2D eigenvalue weighted by Gasteiger charge is -2.47. The molecule has 108 valence electrons. The largest absolute Gasteiger partial charge is 0.345 e. The molecule has 0 bridgehead atoms. The summed E-state index contributed by atoms with van der Waals surface area (Å²) in [6, 6.07) is 0. The molecule has 20 heavy (non-hydrogen) atoms. The van der Waals surface area contributed by atoms with Crippen LogP contribution in [0.1, 0.15) is 37.9 Å². The van der Waals surface area contributed by atoms with Crippen LogP contribution in [-0.4, -0.2) is 43.6 Å². The maximum absolute atomic E-state index is 12.4. The minimum atomic E-state index is -0.681. The van der Waals surface area contributed by atoms with E-state index in [4.69, 9.17) is 0 Å². The van der Waals surface area contributed by atoms with Crippen LogP contribution in [0.3, 0.4) is 0 Å². The van der Waals surface area contributed by atoms with Crippen LogP contribution in [0, 0.1) is 0 Å². The van der Waals surface area contributed by atoms with Gasteiger partial charge in [-0.15, -0.1) is 0 Å². The number of carbonyl (C=O) groups excluding carboxylic acids is 2. The number of nitrogens with one attached hydrogen (secondary N) is 1. The van der Waals surface area contributed by atoms with Gasteiger partial charge in [-0.1, -0.05) is 19.3 Å². The van der Waals surface area contributed by atoms with Crippen LogP contribution < -0.4 is 5.32 Å². The molecule has 0 radical (unpaired) electrons. The lowest BCUT2D eigenvalue weighted by atomic mass is 9.78. The van der Waals surface area contributed by atoms with E-state index in [0.29, 0.717) is 12.4 Å². The van der Waals surface area contributed by atoms with Crippen LogP contribution in [0.2, 0.25) is 0 Å². The Balaban J connectivity index is 1.92. The van der Waals surface area contributed by atoms with Gasteiger partial charge in [0.1, 0.15) is 17.7 Å². The molecule has 1 N–H and O–H groups in total. The van der Waals surface area contributed by atoms with Gasteiger partial charge < -0.3 is 10.2 Å². The topological polar surface area (TPSA) is 80.1 Å². The standard InChI is InChI=1S/C13H19N5O2/c1-17-10(15-9-16-17)8-18-11(19)7-14-12(20)13(18)5-3-2-4-6-13/h9H,2-8H2,1H3,(H,14,20). The SMILES string of the molecule is Cn1ncnc1CN1C(=O)CNC(=O)C12CCCCC2. The first-order valence-electron chi connectivity index (χ1n) is 7.05. The van der Waals surface area contributed by atoms with Gasteiger partial charge in [-0.25, -0.2) is 4.98 Å². The summed E-state index contributed by atoms with van der Waals surface area (Å²) in [4.78, 5) is 30.6. The number of amides is 2. The molecule has 0 unspecified atom stereocenters. The molecule has 1 aliphatic carbocycles. The quantitative estimate of drug-likeness (QED) is 0.823. The Bertz CT molecular complexity index is 533. The lowest BCUT2D eigenvalue weighted by molar-refractivity contribution is -0.157. The van der Waals surface area contributed by atoms with Crippen molar-refractivity contribution < 1.29 is 9.59 Å². The molecule has 3 rings (SSSR count). The first-order valence-corrected chi connectivity index (χ1v) is 7.05. The summed E-state index contributed by atoms with van der Waals surface area (Å²) in [5.41, 5.74) is -0.681. The van der Waals surface area contributed by atoms with E-state index in [1.54, 1.807) is 16.6 Å². The van der Waals surface area contributed by atoms with E-state index in [-0.39, 0.29) is 18.4 Å². The second-order valence-electron chi connectivity index (χ2n) is 5.55. The molecule has 2 aliphatic rings. The first kappa shape index (κ1) is 13.1. The fourth-order valence-corrected chi connectivity index (χ4v) is 3.25. The Labute approximate surface area is 117 Å². The predicted octanol–water partition coefficient (Wildman–Crippen LogP) is -0.0236. The van der Waals surface area contributed by atoms with Gasteiger partial charge in [-0.3, -0.25) is 14.3 Å². The molecule has 7 nitrogen and oxygen atoms in total. The summed E-state index contributed by atoms with van der Waals surface area (Å²) in [6.07, 6.45) is 6.04. The molecule has 1 spiro atoms. The number of aromatic nitrogens is 3. The average Bonchev–Trinajstić information content (AvgIpc) is 2.86. The fraction of sp³-hybridized carbons (Fsp3) is 0.692. The maximum atomic E-state index is 12.4. The van der Waals surface area contributed by atoms with Crippen molar-refractivity contribution in [1.29, 1.82) is 0 Å². The van der Waals surface area contributed by atoms with Gasteiger partial charge in [0.2, 0.25) is 11.8 Å². The third kappa shape index (κ3) is 1.97. The maximum Gasteiger partial charge on any atom is 0.246 e. The van der Waals surface area contributed by atoms with Gasteiger partial charge in [0.15, 0.2) is 0 Å². The molecular formula is C13H19N5O2. The number of hydrogen-bond donors (Lipinski definition) is 1. The van der Waals surface area contributed by atoms with Crippen LogP contribution in [0.4, 0.5) is 0 Å². The smallest absolute Gasteiger partial charge is 0.246 e. The Morgan fingerprint density at radius 1 is 1.30 bits per heavy atom. The first-order chi connectivity index (χ1) is 9.63. The van der Waals surface area contributed by atoms with E-state index in [2.05, 4.69) is 15.4 Å². The van der Waals surface area contributed by atoms with Crippen LogP contribution >= 0.6 is 0 Å². The molecule has 2 fully saturated rings. The molecular weight excluding hydrogens is 258 g/mol. The highest BCUT2D eigenvalue weighted by molar-refractivity contribution is 5.98. The summed E-state index contributed by atoms with van der Waals surface area (Å²) in [6.45, 7) is 0.432. The van der Waals surface area contributed by atoms with E-state index in [9.17, 15) is 9.59 Å². The van der Waals surface area contributed by atoms with Gasteiger partial charge in [0.05, 0.1) is 13.1 Å². The molecule has 0 atom stereocenters. The predicted molar refractivity (Wildman–Crippen MR) is 70.4 cm³/mol. The highest BCUT2D eigenvalue weighted by Crippen LogP contribution is 2.36. The third-order valence-electron chi connectivity index (χ3n) is 4.43. The number of piperazine rings is 1. The van der Waals surface area contributed by atoms with Crippen LogP contribution in [-0.2, 0) is 23.2 Å². The van der Waals surface area contributed by atoms with Gasteiger partial charge in [-0.2, -0.15) is 5.10 Å². The number of rotatable bonds is 2. The van der Waals surface area contributed by atoms with E-state index < -0.39 is 5.54 Å². The van der Waals surface area contributed by atoms with Gasteiger partial charge >= 0.3 is 0 Å². The van der Waals surface area contributed by atoms with E-state index in [1.807, 2.05) is 0 Å². The summed E-state index contributed by atoms with van der Waals surface area (Å²) in [7, 11) is 1.80. The molecule has 1 saturated heterocycles. The van der Waals surface area contributed by atoms with Crippen molar-refractivity contribution >= 4 is 11.8 Å². The van der Waals surface area contributed by atoms with Crippen molar-refractivity contribution in [3.8, 4) is 0 Å². The molecule has 1 aliphatic heterocycles. The summed E-state index contributed by atoms with van der Waals surface area (Å²) >= 11 is 0. The second kappa shape index (κ2) is 4.88. The molecule has 2 heterocycles. The van der Waals surface area contributed by atoms with Crippen LogP contribution in [0.15, 0.2) is 6.33 Å². The zero-order valence-corrected chi connectivity index (χ0v) is 11.6. The van der Waals surface area contributed by atoms with Crippen molar-refractivity contribution in [3.05, 3.63) is 12.2 Å². The molecule has 1 aromatic rings. The minimum Gasteiger partial charge on any atom is -0.345 e. The van der Waals surface area contributed by atoms with E-state index >= 15 is 0 Å². The van der Waals surface area contributed by atoms with Crippen molar-refractivity contribution in [2.45, 2.75) is 44.2 Å². The molecule has 7 heteroatoms. The van der Waals surface area contributed by atoms with Crippen molar-refractivity contribution in [2.75, 3.05) is 6.54 Å². The summed E-state index contributed by atoms with van der Waals surface area (Å²) in [5.74, 6) is 0.659. The molecule has 2 amide bonds. The summed E-state index contributed by atoms with van der Waals surface area (Å²) < 4.78 is 1.65. The molecule has 1 saturated carbocycles. The Morgan fingerprint density at radius 3 is 2.70 bits per heavy atom. The highest BCUT2D eigenvalue weighted by atomic mass is 16.2. The number of carbonyl (C=O) groups is 2. The lowest BCUT2D eigenvalue weighted by Crippen LogP contribution is -2.67. The van der Waals surface area contributed by atoms with E-state index in [1.165, 1.54) is 6.33 Å². The zero-order valence-electron chi connectivity index (χ0n) is 11.6. The Hall–Kier alpha value is -1.92. The number of hydrogen-bond acceptors (Lipinski definition) is 4. The Morgan fingerprint density at radius 2 is 2.05 bits per heavy atom. The zero-order chi connectivity index (χ0) is 14.2. The second-order valence-corrected chi connectivity index (χ2v) is 5.55. The molecule has 0 aromatic carbocycles. The average molecular weight is 277 g/mol. The molecule has 1 aromatic heterocycles. The minimum absolute atomic E-state index is 0.0148. The fourth-order valence-electron chi connectivity index (χ4n) is 3.25. The van der Waals surface area contributed by atoms with Crippen molar-refractivity contribution in [1.82, 2.24) is 25.0 Å². The van der Waals surface area contributed by atoms with Crippen molar-refractivity contribution in [3.63, 3.8) is 0 Å². The monoisotopic (exact) mass is 277 g/mol. The van der Waals surface area contributed by atoms with Crippen LogP contribution in [0.5, 0.6) is 0 Å². The summed E-state index contributed by atoms with van der Waals surface area (Å²) in [5, 5.41) is 6.77. The van der Waals surface area contributed by atoms with Gasteiger partial charge in [0.25, 0.3) is 0 Å². The third-order valence-corrected chi connectivity index (χ3v) is 4.43. The van der Waals surface area contributed by atoms with Crippen molar-refractivity contribution in [2.24, 2.45) is 7.05 Å². The Kier molecular flexibility index (Phi) is 3.19. The number of aryl methyl sites for hydroxylation is 1. The highest BCUT2D eigenvalue weighted by Gasteiger charge is 2.49. The van der Waals surface area contributed by atoms with E-state index in [0.717, 1.165) is 32.1 Å². The normalized spacial score (nSPS) is 22.1.